The number of rotatable bonds is 4. The molecule has 1 saturated heterocycles. The zero-order valence-corrected chi connectivity index (χ0v) is 13.0. The highest BCUT2D eigenvalue weighted by Gasteiger charge is 2.36. The fraction of sp³-hybridized carbons (Fsp3) is 1.00. The first-order valence-corrected chi connectivity index (χ1v) is 7.82. The van der Waals surface area contributed by atoms with Gasteiger partial charge in [0.25, 0.3) is 0 Å². The number of nitrogens with one attached hydrogen (secondary N) is 1. The summed E-state index contributed by atoms with van der Waals surface area (Å²) in [5, 5.41) is 3.82. The highest BCUT2D eigenvalue weighted by atomic mass is 15.2. The Hall–Kier alpha value is -0.0800. The summed E-state index contributed by atoms with van der Waals surface area (Å²) in [4.78, 5) is 2.76. The van der Waals surface area contributed by atoms with Crippen LogP contribution in [-0.4, -0.2) is 36.6 Å². The Morgan fingerprint density at radius 3 is 2.33 bits per heavy atom. The van der Waals surface area contributed by atoms with Gasteiger partial charge in [0.15, 0.2) is 0 Å². The van der Waals surface area contributed by atoms with Crippen LogP contribution in [0.2, 0.25) is 0 Å². The average Bonchev–Trinajstić information content (AvgIpc) is 3.08. The molecule has 2 unspecified atom stereocenters. The van der Waals surface area contributed by atoms with Gasteiger partial charge in [-0.25, -0.2) is 0 Å². The van der Waals surface area contributed by atoms with Crippen molar-refractivity contribution in [1.29, 1.82) is 0 Å². The van der Waals surface area contributed by atoms with Crippen molar-refractivity contribution in [1.82, 2.24) is 10.2 Å². The number of nitrogens with zero attached hydrogens (tertiary/aromatic N) is 1. The summed E-state index contributed by atoms with van der Waals surface area (Å²) in [5.41, 5.74) is 0.398. The maximum Gasteiger partial charge on any atom is 0.0198 e. The maximum atomic E-state index is 3.82. The fourth-order valence-electron chi connectivity index (χ4n) is 2.99. The van der Waals surface area contributed by atoms with Gasteiger partial charge in [0.1, 0.15) is 0 Å². The summed E-state index contributed by atoms with van der Waals surface area (Å²) >= 11 is 0. The van der Waals surface area contributed by atoms with Crippen LogP contribution in [0.1, 0.15) is 53.9 Å². The number of hydrogen-bond acceptors (Lipinski definition) is 2. The summed E-state index contributed by atoms with van der Waals surface area (Å²) in [7, 11) is 0. The summed E-state index contributed by atoms with van der Waals surface area (Å²) in [6, 6.07) is 1.64. The van der Waals surface area contributed by atoms with E-state index in [-0.39, 0.29) is 0 Å². The van der Waals surface area contributed by atoms with Crippen LogP contribution in [0.4, 0.5) is 0 Å². The largest absolute Gasteiger partial charge is 0.312 e. The standard InChI is InChI=1S/C16H32N2/c1-12(2)13-8-14(17-11-16(3,4)5)10-18(9-13)15-6-7-15/h12-15,17H,6-11H2,1-5H3. The average molecular weight is 252 g/mol. The number of piperidine rings is 1. The molecule has 2 nitrogen and oxygen atoms in total. The molecule has 0 aromatic heterocycles. The van der Waals surface area contributed by atoms with Crippen molar-refractivity contribution >= 4 is 0 Å². The van der Waals surface area contributed by atoms with E-state index in [9.17, 15) is 0 Å². The van der Waals surface area contributed by atoms with Crippen LogP contribution in [-0.2, 0) is 0 Å². The lowest BCUT2D eigenvalue weighted by molar-refractivity contribution is 0.105. The van der Waals surface area contributed by atoms with Crippen LogP contribution in [0, 0.1) is 17.3 Å². The molecule has 1 heterocycles. The van der Waals surface area contributed by atoms with E-state index in [1.54, 1.807) is 0 Å². The van der Waals surface area contributed by atoms with Crippen LogP contribution in [0.3, 0.4) is 0 Å². The molecule has 0 amide bonds. The van der Waals surface area contributed by atoms with E-state index in [2.05, 4.69) is 44.8 Å². The van der Waals surface area contributed by atoms with Gasteiger partial charge in [-0.05, 0) is 36.5 Å². The Labute approximate surface area is 114 Å². The molecule has 0 bridgehead atoms. The third-order valence-corrected chi connectivity index (χ3v) is 4.44. The van der Waals surface area contributed by atoms with Gasteiger partial charge in [-0.2, -0.15) is 0 Å². The molecule has 1 aliphatic carbocycles. The van der Waals surface area contributed by atoms with Crippen molar-refractivity contribution in [3.05, 3.63) is 0 Å². The highest BCUT2D eigenvalue weighted by Crippen LogP contribution is 2.33. The molecule has 1 saturated carbocycles. The van der Waals surface area contributed by atoms with Crippen molar-refractivity contribution in [3.8, 4) is 0 Å². The van der Waals surface area contributed by atoms with Gasteiger partial charge in [0.05, 0.1) is 0 Å². The monoisotopic (exact) mass is 252 g/mol. The first-order chi connectivity index (χ1) is 8.35. The molecular formula is C16H32N2. The summed E-state index contributed by atoms with van der Waals surface area (Å²) in [5.74, 6) is 1.71. The third kappa shape index (κ3) is 4.24. The molecular weight excluding hydrogens is 220 g/mol. The lowest BCUT2D eigenvalue weighted by atomic mass is 9.85. The minimum atomic E-state index is 0.398. The molecule has 1 N–H and O–H groups in total. The second-order valence-corrected chi connectivity index (χ2v) is 8.06. The van der Waals surface area contributed by atoms with E-state index >= 15 is 0 Å². The van der Waals surface area contributed by atoms with Crippen LogP contribution in [0.25, 0.3) is 0 Å². The number of hydrogen-bond donors (Lipinski definition) is 1. The van der Waals surface area contributed by atoms with Gasteiger partial charge in [-0.15, -0.1) is 0 Å². The summed E-state index contributed by atoms with van der Waals surface area (Å²) in [6.07, 6.45) is 4.25. The Morgan fingerprint density at radius 2 is 1.83 bits per heavy atom. The molecule has 18 heavy (non-hydrogen) atoms. The minimum absolute atomic E-state index is 0.398. The molecule has 2 fully saturated rings. The van der Waals surface area contributed by atoms with Crippen molar-refractivity contribution in [3.63, 3.8) is 0 Å². The molecule has 0 radical (unpaired) electrons. The van der Waals surface area contributed by atoms with Crippen molar-refractivity contribution in [2.75, 3.05) is 19.6 Å². The van der Waals surface area contributed by atoms with Crippen molar-refractivity contribution in [2.45, 2.75) is 66.0 Å². The molecule has 106 valence electrons. The molecule has 2 aliphatic rings. The minimum Gasteiger partial charge on any atom is -0.312 e. The van der Waals surface area contributed by atoms with Crippen LogP contribution in [0.5, 0.6) is 0 Å². The van der Waals surface area contributed by atoms with E-state index in [1.165, 1.54) is 32.4 Å². The SMILES string of the molecule is CC(C)C1CC(NCC(C)(C)C)CN(C2CC2)C1. The normalized spacial score (nSPS) is 31.0. The zero-order valence-electron chi connectivity index (χ0n) is 13.0. The van der Waals surface area contributed by atoms with Crippen LogP contribution < -0.4 is 5.32 Å². The van der Waals surface area contributed by atoms with Gasteiger partial charge in [-0.1, -0.05) is 34.6 Å². The molecule has 2 heteroatoms. The van der Waals surface area contributed by atoms with E-state index in [4.69, 9.17) is 0 Å². The predicted octanol–water partition coefficient (Wildman–Crippen LogP) is 3.13. The lowest BCUT2D eigenvalue weighted by Gasteiger charge is -2.41. The first kappa shape index (κ1) is 14.3. The predicted molar refractivity (Wildman–Crippen MR) is 78.8 cm³/mol. The Balaban J connectivity index is 1.88. The van der Waals surface area contributed by atoms with Gasteiger partial charge in [0.2, 0.25) is 0 Å². The molecule has 2 atom stereocenters. The quantitative estimate of drug-likeness (QED) is 0.827. The smallest absolute Gasteiger partial charge is 0.0198 e. The second kappa shape index (κ2) is 5.50. The second-order valence-electron chi connectivity index (χ2n) is 8.06. The van der Waals surface area contributed by atoms with Crippen LogP contribution >= 0.6 is 0 Å². The molecule has 0 aromatic carbocycles. The Morgan fingerprint density at radius 1 is 1.17 bits per heavy atom. The lowest BCUT2D eigenvalue weighted by Crippen LogP contribution is -2.52. The highest BCUT2D eigenvalue weighted by molar-refractivity contribution is 4.93. The van der Waals surface area contributed by atoms with Gasteiger partial charge in [0, 0.05) is 31.7 Å². The summed E-state index contributed by atoms with van der Waals surface area (Å²) in [6.45, 7) is 15.5. The third-order valence-electron chi connectivity index (χ3n) is 4.44. The molecule has 0 spiro atoms. The number of likely N-dealkylation sites (tertiary alicyclic amines) is 1. The molecule has 2 rings (SSSR count). The topological polar surface area (TPSA) is 15.3 Å². The van der Waals surface area contributed by atoms with Crippen LogP contribution in [0.15, 0.2) is 0 Å². The Bertz CT molecular complexity index is 253. The van der Waals surface area contributed by atoms with Gasteiger partial charge >= 0.3 is 0 Å². The van der Waals surface area contributed by atoms with E-state index in [0.717, 1.165) is 24.4 Å². The Kier molecular flexibility index (Phi) is 4.38. The van der Waals surface area contributed by atoms with Gasteiger partial charge < -0.3 is 5.32 Å². The first-order valence-electron chi connectivity index (χ1n) is 7.82. The van der Waals surface area contributed by atoms with E-state index in [0.29, 0.717) is 11.5 Å². The fourth-order valence-corrected chi connectivity index (χ4v) is 2.99. The van der Waals surface area contributed by atoms with E-state index < -0.39 is 0 Å². The van der Waals surface area contributed by atoms with Crippen molar-refractivity contribution in [2.24, 2.45) is 17.3 Å². The molecule has 0 aromatic rings. The zero-order chi connectivity index (χ0) is 13.3. The molecule has 1 aliphatic heterocycles. The van der Waals surface area contributed by atoms with E-state index in [1.807, 2.05) is 0 Å². The van der Waals surface area contributed by atoms with Gasteiger partial charge in [-0.3, -0.25) is 4.90 Å². The summed E-state index contributed by atoms with van der Waals surface area (Å²) < 4.78 is 0. The maximum absolute atomic E-state index is 3.82. The van der Waals surface area contributed by atoms with Crippen molar-refractivity contribution < 1.29 is 0 Å².